The Balaban J connectivity index is 4.00. The molecule has 1 aliphatic rings. The van der Waals surface area contributed by atoms with Crippen molar-refractivity contribution in [2.75, 3.05) is 21.1 Å². The van der Waals surface area contributed by atoms with Crippen molar-refractivity contribution in [3.8, 4) is 0 Å². The smallest absolute Gasteiger partial charge is 0.329 e. The minimum absolute atomic E-state index is 0.380. The number of amides is 3. The summed E-state index contributed by atoms with van der Waals surface area (Å²) in [7, 11) is 4.36. The van der Waals surface area contributed by atoms with Gasteiger partial charge in [-0.3, -0.25) is 14.4 Å². The molecule has 1 saturated heterocycles. The number of cyclic esters (lactones) is 3. The highest BCUT2D eigenvalue weighted by atomic mass is 16.6. The van der Waals surface area contributed by atoms with Gasteiger partial charge in [-0.25, -0.2) is 14.4 Å². The lowest BCUT2D eigenvalue weighted by Crippen LogP contribution is -2.58. The molecule has 12 nitrogen and oxygen atoms in total. The van der Waals surface area contributed by atoms with Crippen LogP contribution in [0.4, 0.5) is 0 Å². The molecule has 0 radical (unpaired) electrons. The first-order valence-electron chi connectivity index (χ1n) is 17.1. The molecule has 0 spiro atoms. The Kier molecular flexibility index (Phi) is 15.9. The van der Waals surface area contributed by atoms with Gasteiger partial charge >= 0.3 is 17.9 Å². The molecule has 47 heavy (non-hydrogen) atoms. The third-order valence-corrected chi connectivity index (χ3v) is 9.29. The molecular weight excluding hydrogens is 606 g/mol. The lowest BCUT2D eigenvalue weighted by Gasteiger charge is -2.39. The van der Waals surface area contributed by atoms with E-state index in [1.807, 2.05) is 13.8 Å². The number of carbonyl (C=O) groups excluding carboxylic acids is 6. The van der Waals surface area contributed by atoms with E-state index in [2.05, 4.69) is 0 Å². The Labute approximate surface area is 282 Å². The van der Waals surface area contributed by atoms with Gasteiger partial charge in [0.2, 0.25) is 0 Å². The Morgan fingerprint density at radius 2 is 0.681 bits per heavy atom. The number of rotatable bonds is 8. The number of carbonyl (C=O) groups is 6. The van der Waals surface area contributed by atoms with Gasteiger partial charge in [-0.15, -0.1) is 0 Å². The summed E-state index contributed by atoms with van der Waals surface area (Å²) in [5, 5.41) is 0. The topological polar surface area (TPSA) is 140 Å². The van der Waals surface area contributed by atoms with E-state index in [1.54, 1.807) is 69.2 Å². The number of nitrogens with zero attached hydrogens (tertiary/aromatic N) is 3. The highest BCUT2D eigenvalue weighted by molar-refractivity contribution is 5.94. The fourth-order valence-corrected chi connectivity index (χ4v) is 5.88. The predicted molar refractivity (Wildman–Crippen MR) is 178 cm³/mol. The quantitative estimate of drug-likeness (QED) is 0.278. The standard InChI is InChI=1S/C35H61N3O9/c1-16-22(11)25-34(43)46-27(19(5)6)30(39)36(13)24(18(3)4)33(42)45-28(20(7)8)31(40)37(14)26(23(12)17-2)35(44)47-29(21(9)10)32(41)38(25)15/h18-29H,16-17H2,1-15H3/t22-,23-,24-,25-,26-,27+,28+,29+/m1/s1. The Hall–Kier alpha value is -3.18. The van der Waals surface area contributed by atoms with Crippen LogP contribution in [-0.2, 0) is 43.0 Å². The van der Waals surface area contributed by atoms with Crippen LogP contribution >= 0.6 is 0 Å². The van der Waals surface area contributed by atoms with Crippen LogP contribution in [0.1, 0.15) is 95.9 Å². The summed E-state index contributed by atoms with van der Waals surface area (Å²) in [5.74, 6) is -6.82. The Bertz CT molecular complexity index is 1110. The molecule has 8 atom stereocenters. The van der Waals surface area contributed by atoms with Crippen molar-refractivity contribution in [2.45, 2.75) is 132 Å². The summed E-state index contributed by atoms with van der Waals surface area (Å²) in [6, 6.07) is -3.31. The predicted octanol–water partition coefficient (Wildman–Crippen LogP) is 3.93. The van der Waals surface area contributed by atoms with Crippen molar-refractivity contribution in [3.05, 3.63) is 0 Å². The Morgan fingerprint density at radius 1 is 0.447 bits per heavy atom. The van der Waals surface area contributed by atoms with E-state index >= 15 is 0 Å². The maximum atomic E-state index is 14.0. The van der Waals surface area contributed by atoms with Crippen LogP contribution in [0.2, 0.25) is 0 Å². The second-order valence-corrected chi connectivity index (χ2v) is 14.5. The maximum absolute atomic E-state index is 14.0. The van der Waals surface area contributed by atoms with E-state index in [-0.39, 0.29) is 11.8 Å². The average Bonchev–Trinajstić information content (AvgIpc) is 2.98. The summed E-state index contributed by atoms with van der Waals surface area (Å²) >= 11 is 0. The van der Waals surface area contributed by atoms with Crippen molar-refractivity contribution >= 4 is 35.6 Å². The largest absolute Gasteiger partial charge is 0.450 e. The van der Waals surface area contributed by atoms with Crippen LogP contribution in [0, 0.1) is 35.5 Å². The van der Waals surface area contributed by atoms with Crippen LogP contribution in [0.15, 0.2) is 0 Å². The summed E-state index contributed by atoms with van der Waals surface area (Å²) in [6.45, 7) is 21.1. The van der Waals surface area contributed by atoms with Crippen LogP contribution in [0.25, 0.3) is 0 Å². The molecule has 0 saturated carbocycles. The summed E-state index contributed by atoms with van der Waals surface area (Å²) < 4.78 is 17.6. The van der Waals surface area contributed by atoms with Gasteiger partial charge in [0.1, 0.15) is 18.1 Å². The number of esters is 3. The number of hydrogen-bond donors (Lipinski definition) is 0. The minimum Gasteiger partial charge on any atom is -0.450 e. The van der Waals surface area contributed by atoms with E-state index in [9.17, 15) is 28.8 Å². The van der Waals surface area contributed by atoms with Crippen molar-refractivity contribution in [1.82, 2.24) is 14.7 Å². The van der Waals surface area contributed by atoms with Crippen molar-refractivity contribution in [1.29, 1.82) is 0 Å². The third kappa shape index (κ3) is 9.92. The van der Waals surface area contributed by atoms with E-state index in [4.69, 9.17) is 14.2 Å². The monoisotopic (exact) mass is 667 g/mol. The van der Waals surface area contributed by atoms with Crippen molar-refractivity contribution in [2.24, 2.45) is 35.5 Å². The second kappa shape index (κ2) is 17.8. The molecule has 0 unspecified atom stereocenters. The molecule has 0 aliphatic carbocycles. The number of ether oxygens (including phenoxy) is 3. The summed E-state index contributed by atoms with van der Waals surface area (Å²) in [4.78, 5) is 87.3. The zero-order valence-electron chi connectivity index (χ0n) is 31.4. The van der Waals surface area contributed by atoms with E-state index in [1.165, 1.54) is 35.8 Å². The average molecular weight is 668 g/mol. The zero-order valence-corrected chi connectivity index (χ0v) is 31.4. The summed E-state index contributed by atoms with van der Waals surface area (Å²) in [5.41, 5.74) is 0. The molecule has 0 aromatic heterocycles. The van der Waals surface area contributed by atoms with E-state index in [0.29, 0.717) is 12.8 Å². The SMILES string of the molecule is CC[C@@H](C)[C@@H]1C(=O)O[C@@H](C(C)C)C(=O)N(C)[C@H]([C@H](C)CC)C(=O)O[C@@H](C(C)C)C(=O)N(C)[C@H](C(C)C)C(=O)O[C@@H](C(C)C)C(=O)N1C. The number of hydrogen-bond acceptors (Lipinski definition) is 9. The lowest BCUT2D eigenvalue weighted by molar-refractivity contribution is -0.182. The highest BCUT2D eigenvalue weighted by Gasteiger charge is 2.45. The van der Waals surface area contributed by atoms with E-state index in [0.717, 1.165) is 0 Å². The van der Waals surface area contributed by atoms with Crippen LogP contribution in [0.3, 0.4) is 0 Å². The third-order valence-electron chi connectivity index (χ3n) is 9.29. The molecule has 0 aromatic rings. The molecule has 1 heterocycles. The van der Waals surface area contributed by atoms with Crippen LogP contribution < -0.4 is 0 Å². The Morgan fingerprint density at radius 3 is 0.894 bits per heavy atom. The van der Waals surface area contributed by atoms with Gasteiger partial charge in [0.15, 0.2) is 18.3 Å². The van der Waals surface area contributed by atoms with Gasteiger partial charge in [-0.05, 0) is 35.5 Å². The normalized spacial score (nSPS) is 28.0. The van der Waals surface area contributed by atoms with Gasteiger partial charge in [0.05, 0.1) is 0 Å². The van der Waals surface area contributed by atoms with Crippen LogP contribution in [-0.4, -0.2) is 108 Å². The summed E-state index contributed by atoms with van der Waals surface area (Å²) in [6.07, 6.45) is -2.82. The fraction of sp³-hybridized carbons (Fsp3) is 0.829. The van der Waals surface area contributed by atoms with Crippen molar-refractivity contribution < 1.29 is 43.0 Å². The molecule has 0 bridgehead atoms. The maximum Gasteiger partial charge on any atom is 0.329 e. The highest BCUT2D eigenvalue weighted by Crippen LogP contribution is 2.26. The molecule has 0 aromatic carbocycles. The molecule has 1 fully saturated rings. The number of likely N-dealkylation sites (N-methyl/N-ethyl adjacent to an activating group) is 3. The van der Waals surface area contributed by atoms with Gasteiger partial charge in [0, 0.05) is 21.1 Å². The van der Waals surface area contributed by atoms with Gasteiger partial charge < -0.3 is 28.9 Å². The van der Waals surface area contributed by atoms with Gasteiger partial charge in [-0.2, -0.15) is 0 Å². The molecule has 3 amide bonds. The van der Waals surface area contributed by atoms with Crippen LogP contribution in [0.5, 0.6) is 0 Å². The molecule has 0 N–H and O–H groups in total. The molecule has 1 aliphatic heterocycles. The zero-order chi connectivity index (χ0) is 36.7. The van der Waals surface area contributed by atoms with Gasteiger partial charge in [0.25, 0.3) is 17.7 Å². The van der Waals surface area contributed by atoms with Crippen molar-refractivity contribution in [3.63, 3.8) is 0 Å². The molecular formula is C35H61N3O9. The second-order valence-electron chi connectivity index (χ2n) is 14.5. The molecule has 270 valence electrons. The minimum atomic E-state index is -1.28. The first-order valence-corrected chi connectivity index (χ1v) is 17.1. The molecule has 1 rings (SSSR count). The van der Waals surface area contributed by atoms with E-state index < -0.39 is 95.7 Å². The lowest BCUT2D eigenvalue weighted by atomic mass is 9.94. The molecule has 12 heteroatoms. The first kappa shape index (κ1) is 41.8. The first-order chi connectivity index (χ1) is 21.6. The fourth-order valence-electron chi connectivity index (χ4n) is 5.88. The van der Waals surface area contributed by atoms with Gasteiger partial charge in [-0.1, -0.05) is 95.9 Å².